The van der Waals surface area contributed by atoms with Crippen molar-refractivity contribution in [1.82, 2.24) is 5.32 Å². The number of anilines is 1. The van der Waals surface area contributed by atoms with E-state index in [1.165, 1.54) is 22.3 Å². The quantitative estimate of drug-likeness (QED) is 0.217. The Kier molecular flexibility index (Phi) is 7.77. The molecule has 36 heavy (non-hydrogen) atoms. The maximum absolute atomic E-state index is 6.19. The summed E-state index contributed by atoms with van der Waals surface area (Å²) in [7, 11) is 0. The zero-order valence-electron chi connectivity index (χ0n) is 20.0. The molecule has 0 aliphatic heterocycles. The molecule has 0 radical (unpaired) electrons. The highest BCUT2D eigenvalue weighted by Crippen LogP contribution is 2.36. The second-order valence-electron chi connectivity index (χ2n) is 8.85. The van der Waals surface area contributed by atoms with Crippen LogP contribution >= 0.6 is 11.6 Å². The largest absolute Gasteiger partial charge is 0.376 e. The predicted octanol–water partition coefficient (Wildman–Crippen LogP) is 8.61. The van der Waals surface area contributed by atoms with Gasteiger partial charge in [-0.15, -0.1) is 0 Å². The lowest BCUT2D eigenvalue weighted by molar-refractivity contribution is 0.437. The molecule has 0 amide bonds. The van der Waals surface area contributed by atoms with Crippen molar-refractivity contribution in [3.63, 3.8) is 0 Å². The van der Waals surface area contributed by atoms with E-state index in [9.17, 15) is 0 Å². The first-order chi connectivity index (χ1) is 17.8. The monoisotopic (exact) mass is 488 g/mol. The molecular weight excluding hydrogens is 460 g/mol. The Morgan fingerprint density at radius 3 is 1.25 bits per heavy atom. The highest BCUT2D eigenvalue weighted by Gasteiger charge is 2.28. The molecule has 2 N–H and O–H groups in total. The fourth-order valence-electron chi connectivity index (χ4n) is 4.65. The summed E-state index contributed by atoms with van der Waals surface area (Å²) >= 11 is 6.19. The molecule has 0 spiro atoms. The van der Waals surface area contributed by atoms with Crippen molar-refractivity contribution in [2.45, 2.75) is 18.1 Å². The molecule has 0 heterocycles. The average Bonchev–Trinajstić information content (AvgIpc) is 2.96. The fraction of sp³-hybridized carbons (Fsp3) is 0.0909. The Morgan fingerprint density at radius 2 is 0.806 bits per heavy atom. The topological polar surface area (TPSA) is 24.1 Å². The van der Waals surface area contributed by atoms with Crippen molar-refractivity contribution in [1.29, 1.82) is 0 Å². The van der Waals surface area contributed by atoms with E-state index in [-0.39, 0.29) is 18.1 Å². The third-order valence-electron chi connectivity index (χ3n) is 6.43. The van der Waals surface area contributed by atoms with Crippen LogP contribution in [0.1, 0.15) is 40.4 Å². The minimum absolute atomic E-state index is 0.0100. The predicted molar refractivity (Wildman–Crippen MR) is 151 cm³/mol. The van der Waals surface area contributed by atoms with E-state index in [1.807, 2.05) is 24.3 Å². The summed E-state index contributed by atoms with van der Waals surface area (Å²) in [5.74, 6) is 0. The Bertz CT molecular complexity index is 1290. The third-order valence-corrected chi connectivity index (χ3v) is 6.68. The zero-order valence-corrected chi connectivity index (χ0v) is 20.7. The molecule has 0 aliphatic rings. The molecule has 0 fully saturated rings. The van der Waals surface area contributed by atoms with Gasteiger partial charge in [-0.05, 0) is 46.5 Å². The van der Waals surface area contributed by atoms with Gasteiger partial charge in [0.15, 0.2) is 0 Å². The van der Waals surface area contributed by atoms with Gasteiger partial charge >= 0.3 is 0 Å². The van der Waals surface area contributed by atoms with Gasteiger partial charge in [-0.25, -0.2) is 0 Å². The number of benzene rings is 5. The molecule has 0 saturated carbocycles. The molecule has 2 nitrogen and oxygen atoms in total. The fourth-order valence-corrected chi connectivity index (χ4v) is 4.77. The number of hydrogen-bond acceptors (Lipinski definition) is 2. The van der Waals surface area contributed by atoms with Gasteiger partial charge in [0.05, 0.1) is 18.1 Å². The lowest BCUT2D eigenvalue weighted by Gasteiger charge is -2.34. The standard InChI is InChI=1S/C33H29ClN2/c34-29-21-23-30(24-22-29)35-32(27-17-9-3-10-18-27)33(28-19-11-4-12-20-28)36-31(25-13-5-1-6-14-25)26-15-7-2-8-16-26/h1-24,31-33,35-36H. The van der Waals surface area contributed by atoms with Crippen molar-refractivity contribution in [2.75, 3.05) is 5.32 Å². The van der Waals surface area contributed by atoms with Gasteiger partial charge in [-0.1, -0.05) is 133 Å². The van der Waals surface area contributed by atoms with E-state index < -0.39 is 0 Å². The molecule has 0 bridgehead atoms. The average molecular weight is 489 g/mol. The molecule has 5 aromatic carbocycles. The van der Waals surface area contributed by atoms with Crippen LogP contribution in [0.25, 0.3) is 0 Å². The smallest absolute Gasteiger partial charge is 0.0709 e. The van der Waals surface area contributed by atoms with Gasteiger partial charge in [-0.3, -0.25) is 5.32 Å². The molecular formula is C33H29ClN2. The molecule has 3 heteroatoms. The molecule has 5 aromatic rings. The Morgan fingerprint density at radius 1 is 0.417 bits per heavy atom. The van der Waals surface area contributed by atoms with Gasteiger partial charge in [0.25, 0.3) is 0 Å². The van der Waals surface area contributed by atoms with Crippen molar-refractivity contribution >= 4 is 17.3 Å². The summed E-state index contributed by atoms with van der Waals surface area (Å²) in [5, 5.41) is 8.58. The molecule has 5 rings (SSSR count). The first-order valence-corrected chi connectivity index (χ1v) is 12.6. The summed E-state index contributed by atoms with van der Waals surface area (Å²) < 4.78 is 0. The van der Waals surface area contributed by atoms with E-state index >= 15 is 0 Å². The van der Waals surface area contributed by atoms with Crippen molar-refractivity contribution < 1.29 is 0 Å². The van der Waals surface area contributed by atoms with Crippen LogP contribution in [0.15, 0.2) is 146 Å². The number of nitrogens with one attached hydrogen (secondary N) is 2. The number of hydrogen-bond donors (Lipinski definition) is 2. The van der Waals surface area contributed by atoms with Gasteiger partial charge in [0.1, 0.15) is 0 Å². The summed E-state index contributed by atoms with van der Waals surface area (Å²) in [5.41, 5.74) is 5.89. The van der Waals surface area contributed by atoms with E-state index in [0.717, 1.165) is 10.7 Å². The first-order valence-electron chi connectivity index (χ1n) is 12.3. The van der Waals surface area contributed by atoms with Crippen LogP contribution in [0.5, 0.6) is 0 Å². The van der Waals surface area contributed by atoms with E-state index in [4.69, 9.17) is 11.6 Å². The minimum Gasteiger partial charge on any atom is -0.376 e. The lowest BCUT2D eigenvalue weighted by atomic mass is 9.90. The Balaban J connectivity index is 1.61. The SMILES string of the molecule is Clc1ccc(NC(c2ccccc2)C(NC(c2ccccc2)c2ccccc2)c2ccccc2)cc1. The molecule has 0 saturated heterocycles. The van der Waals surface area contributed by atoms with Crippen LogP contribution in [-0.2, 0) is 0 Å². The minimum atomic E-state index is -0.0373. The molecule has 0 aromatic heterocycles. The zero-order chi connectivity index (χ0) is 24.6. The normalized spacial score (nSPS) is 12.7. The third kappa shape index (κ3) is 5.85. The molecule has 2 unspecified atom stereocenters. The number of halogens is 1. The maximum atomic E-state index is 6.19. The Labute approximate surface area is 218 Å². The first kappa shape index (κ1) is 23.9. The van der Waals surface area contributed by atoms with Crippen LogP contribution in [0, 0.1) is 0 Å². The highest BCUT2D eigenvalue weighted by atomic mass is 35.5. The summed E-state index contributed by atoms with van der Waals surface area (Å²) in [4.78, 5) is 0. The summed E-state index contributed by atoms with van der Waals surface area (Å²) in [6, 6.07) is 50.5. The summed E-state index contributed by atoms with van der Waals surface area (Å²) in [6.45, 7) is 0. The maximum Gasteiger partial charge on any atom is 0.0709 e. The van der Waals surface area contributed by atoms with Crippen LogP contribution in [0.4, 0.5) is 5.69 Å². The lowest BCUT2D eigenvalue weighted by Crippen LogP contribution is -2.34. The highest BCUT2D eigenvalue weighted by molar-refractivity contribution is 6.30. The van der Waals surface area contributed by atoms with Gasteiger partial charge in [0.2, 0.25) is 0 Å². The van der Waals surface area contributed by atoms with Crippen LogP contribution in [0.3, 0.4) is 0 Å². The Hall–Kier alpha value is -3.85. The van der Waals surface area contributed by atoms with Crippen molar-refractivity contribution in [3.05, 3.63) is 173 Å². The van der Waals surface area contributed by atoms with Crippen molar-refractivity contribution in [3.8, 4) is 0 Å². The molecule has 0 aliphatic carbocycles. The molecule has 178 valence electrons. The van der Waals surface area contributed by atoms with Gasteiger partial charge < -0.3 is 5.32 Å². The van der Waals surface area contributed by atoms with Gasteiger partial charge in [-0.2, -0.15) is 0 Å². The molecule has 2 atom stereocenters. The second-order valence-corrected chi connectivity index (χ2v) is 9.29. The van der Waals surface area contributed by atoms with Crippen LogP contribution in [-0.4, -0.2) is 0 Å². The van der Waals surface area contributed by atoms with Crippen molar-refractivity contribution in [2.24, 2.45) is 0 Å². The number of rotatable bonds is 9. The van der Waals surface area contributed by atoms with Crippen LogP contribution in [0.2, 0.25) is 5.02 Å². The second kappa shape index (κ2) is 11.7. The van der Waals surface area contributed by atoms with Gasteiger partial charge in [0, 0.05) is 10.7 Å². The van der Waals surface area contributed by atoms with E-state index in [0.29, 0.717) is 0 Å². The summed E-state index contributed by atoms with van der Waals surface area (Å²) in [6.07, 6.45) is 0. The van der Waals surface area contributed by atoms with Crippen LogP contribution < -0.4 is 10.6 Å². The van der Waals surface area contributed by atoms with E-state index in [1.54, 1.807) is 0 Å². The van der Waals surface area contributed by atoms with E-state index in [2.05, 4.69) is 132 Å².